The Hall–Kier alpha value is -1.65. The number of ether oxygens (including phenoxy) is 1. The Morgan fingerprint density at radius 3 is 2.76 bits per heavy atom. The van der Waals surface area contributed by atoms with Crippen molar-refractivity contribution in [3.63, 3.8) is 0 Å². The first kappa shape index (κ1) is 11.8. The van der Waals surface area contributed by atoms with Crippen LogP contribution < -0.4 is 10.1 Å². The molecule has 1 aliphatic rings. The standard InChI is InChI=1S/C12H12F3NO/c1-7(2)10-6-17-11-4-3-8(12(13,14)15)5-9(11)16-10/h3-5,10,16H,1,6H2,2H3. The summed E-state index contributed by atoms with van der Waals surface area (Å²) in [5.74, 6) is 0.440. The van der Waals surface area contributed by atoms with Crippen molar-refractivity contribution in [3.05, 3.63) is 35.9 Å². The molecule has 1 aromatic carbocycles. The van der Waals surface area contributed by atoms with Gasteiger partial charge in [0.25, 0.3) is 0 Å². The van der Waals surface area contributed by atoms with Gasteiger partial charge < -0.3 is 10.1 Å². The van der Waals surface area contributed by atoms with Crippen LogP contribution in [0.2, 0.25) is 0 Å². The lowest BCUT2D eigenvalue weighted by Crippen LogP contribution is -2.32. The molecule has 0 saturated heterocycles. The van der Waals surface area contributed by atoms with Crippen LogP contribution in [0.1, 0.15) is 12.5 Å². The average molecular weight is 243 g/mol. The highest BCUT2D eigenvalue weighted by molar-refractivity contribution is 5.61. The number of fused-ring (bicyclic) bond motifs is 1. The Bertz CT molecular complexity index is 454. The molecular weight excluding hydrogens is 231 g/mol. The second-order valence-corrected chi connectivity index (χ2v) is 4.06. The second-order valence-electron chi connectivity index (χ2n) is 4.06. The molecule has 0 aliphatic carbocycles. The fraction of sp³-hybridized carbons (Fsp3) is 0.333. The Morgan fingerprint density at radius 2 is 2.18 bits per heavy atom. The molecule has 2 nitrogen and oxygen atoms in total. The average Bonchev–Trinajstić information content (AvgIpc) is 2.26. The Balaban J connectivity index is 2.32. The monoisotopic (exact) mass is 243 g/mol. The molecule has 17 heavy (non-hydrogen) atoms. The maximum absolute atomic E-state index is 12.5. The molecule has 1 unspecified atom stereocenters. The fourth-order valence-corrected chi connectivity index (χ4v) is 1.61. The lowest BCUT2D eigenvalue weighted by Gasteiger charge is -2.28. The van der Waals surface area contributed by atoms with Gasteiger partial charge in [0.15, 0.2) is 0 Å². The summed E-state index contributed by atoms with van der Waals surface area (Å²) < 4.78 is 43.0. The first-order valence-electron chi connectivity index (χ1n) is 5.14. The quantitative estimate of drug-likeness (QED) is 0.763. The minimum atomic E-state index is -4.34. The van der Waals surface area contributed by atoms with Crippen molar-refractivity contribution < 1.29 is 17.9 Å². The summed E-state index contributed by atoms with van der Waals surface area (Å²) in [5.41, 5.74) is 0.502. The van der Waals surface area contributed by atoms with Crippen molar-refractivity contribution in [1.29, 1.82) is 0 Å². The molecular formula is C12H12F3NO. The molecule has 1 atom stereocenters. The van der Waals surface area contributed by atoms with Crippen LogP contribution in [0.4, 0.5) is 18.9 Å². The molecule has 0 radical (unpaired) electrons. The van der Waals surface area contributed by atoms with E-state index in [-0.39, 0.29) is 6.04 Å². The third-order valence-electron chi connectivity index (χ3n) is 2.64. The lowest BCUT2D eigenvalue weighted by molar-refractivity contribution is -0.137. The molecule has 0 bridgehead atoms. The molecule has 0 amide bonds. The number of rotatable bonds is 1. The summed E-state index contributed by atoms with van der Waals surface area (Å²) >= 11 is 0. The lowest BCUT2D eigenvalue weighted by atomic mass is 10.1. The van der Waals surface area contributed by atoms with Gasteiger partial charge in [0.2, 0.25) is 0 Å². The van der Waals surface area contributed by atoms with Gasteiger partial charge in [0.1, 0.15) is 12.4 Å². The van der Waals surface area contributed by atoms with Crippen molar-refractivity contribution in [2.24, 2.45) is 0 Å². The molecule has 1 heterocycles. The summed E-state index contributed by atoms with van der Waals surface area (Å²) in [6, 6.07) is 3.26. The zero-order valence-electron chi connectivity index (χ0n) is 9.27. The predicted octanol–water partition coefficient (Wildman–Crippen LogP) is 3.45. The highest BCUT2D eigenvalue weighted by Crippen LogP contribution is 2.37. The molecule has 0 fully saturated rings. The molecule has 1 aliphatic heterocycles. The Morgan fingerprint density at radius 1 is 1.47 bits per heavy atom. The third-order valence-corrected chi connectivity index (χ3v) is 2.64. The molecule has 0 spiro atoms. The van der Waals surface area contributed by atoms with E-state index in [9.17, 15) is 13.2 Å². The number of hydrogen-bond acceptors (Lipinski definition) is 2. The van der Waals surface area contributed by atoms with Crippen molar-refractivity contribution in [3.8, 4) is 5.75 Å². The van der Waals surface area contributed by atoms with Crippen molar-refractivity contribution >= 4 is 5.69 Å². The number of anilines is 1. The third kappa shape index (κ3) is 2.38. The van der Waals surface area contributed by atoms with Crippen LogP contribution in [0.5, 0.6) is 5.75 Å². The first-order valence-corrected chi connectivity index (χ1v) is 5.14. The minimum absolute atomic E-state index is 0.147. The number of benzene rings is 1. The van der Waals surface area contributed by atoms with Gasteiger partial charge in [-0.15, -0.1) is 0 Å². The molecule has 1 aromatic rings. The molecule has 2 rings (SSSR count). The van der Waals surface area contributed by atoms with E-state index in [1.165, 1.54) is 6.07 Å². The highest BCUT2D eigenvalue weighted by Gasteiger charge is 2.32. The Kier molecular flexibility index (Phi) is 2.77. The Labute approximate surface area is 97.1 Å². The normalized spacial score (nSPS) is 18.9. The van der Waals surface area contributed by atoms with E-state index in [2.05, 4.69) is 11.9 Å². The number of alkyl halides is 3. The van der Waals surface area contributed by atoms with Gasteiger partial charge in [-0.2, -0.15) is 13.2 Å². The van der Waals surface area contributed by atoms with Crippen molar-refractivity contribution in [2.75, 3.05) is 11.9 Å². The second kappa shape index (κ2) is 3.98. The summed E-state index contributed by atoms with van der Waals surface area (Å²) in [6.45, 7) is 5.95. The summed E-state index contributed by atoms with van der Waals surface area (Å²) in [7, 11) is 0. The molecule has 1 N–H and O–H groups in total. The van der Waals surface area contributed by atoms with Crippen molar-refractivity contribution in [2.45, 2.75) is 19.1 Å². The predicted molar refractivity (Wildman–Crippen MR) is 59.2 cm³/mol. The van der Waals surface area contributed by atoms with Gasteiger partial charge in [0.05, 0.1) is 17.3 Å². The molecule has 92 valence electrons. The number of nitrogens with one attached hydrogen (secondary N) is 1. The number of halogens is 3. The van der Waals surface area contributed by atoms with Gasteiger partial charge in [-0.25, -0.2) is 0 Å². The zero-order valence-corrected chi connectivity index (χ0v) is 9.27. The SMILES string of the molecule is C=C(C)C1COc2ccc(C(F)(F)F)cc2N1. The zero-order chi connectivity index (χ0) is 12.6. The summed E-state index contributed by atoms with van der Waals surface area (Å²) in [6.07, 6.45) is -4.34. The highest BCUT2D eigenvalue weighted by atomic mass is 19.4. The van der Waals surface area contributed by atoms with E-state index < -0.39 is 11.7 Å². The minimum Gasteiger partial charge on any atom is -0.489 e. The fourth-order valence-electron chi connectivity index (χ4n) is 1.61. The smallest absolute Gasteiger partial charge is 0.416 e. The molecule has 0 saturated carbocycles. The van der Waals surface area contributed by atoms with Crippen LogP contribution in [0.3, 0.4) is 0 Å². The maximum atomic E-state index is 12.5. The van der Waals surface area contributed by atoms with E-state index >= 15 is 0 Å². The summed E-state index contributed by atoms with van der Waals surface area (Å²) in [4.78, 5) is 0. The van der Waals surface area contributed by atoms with Gasteiger partial charge in [-0.05, 0) is 25.1 Å². The number of hydrogen-bond donors (Lipinski definition) is 1. The molecule has 5 heteroatoms. The van der Waals surface area contributed by atoms with Gasteiger partial charge >= 0.3 is 6.18 Å². The van der Waals surface area contributed by atoms with Crippen LogP contribution in [0.15, 0.2) is 30.4 Å². The first-order chi connectivity index (χ1) is 7.88. The van der Waals surface area contributed by atoms with E-state index in [0.29, 0.717) is 18.0 Å². The largest absolute Gasteiger partial charge is 0.489 e. The van der Waals surface area contributed by atoms with Gasteiger partial charge in [0, 0.05) is 0 Å². The van der Waals surface area contributed by atoms with E-state index in [1.807, 2.05) is 0 Å². The van der Waals surface area contributed by atoms with Crippen LogP contribution in [-0.2, 0) is 6.18 Å². The van der Waals surface area contributed by atoms with Crippen LogP contribution in [0.25, 0.3) is 0 Å². The van der Waals surface area contributed by atoms with Crippen molar-refractivity contribution in [1.82, 2.24) is 0 Å². The van der Waals surface area contributed by atoms with Crippen LogP contribution in [0, 0.1) is 0 Å². The molecule has 0 aromatic heterocycles. The van der Waals surface area contributed by atoms with E-state index in [4.69, 9.17) is 4.74 Å². The van der Waals surface area contributed by atoms with E-state index in [0.717, 1.165) is 17.7 Å². The topological polar surface area (TPSA) is 21.3 Å². The van der Waals surface area contributed by atoms with Gasteiger partial charge in [-0.1, -0.05) is 12.2 Å². The summed E-state index contributed by atoms with van der Waals surface area (Å²) in [5, 5.41) is 2.98. The van der Waals surface area contributed by atoms with Gasteiger partial charge in [-0.3, -0.25) is 0 Å². The maximum Gasteiger partial charge on any atom is 0.416 e. The van der Waals surface area contributed by atoms with Crippen LogP contribution in [-0.4, -0.2) is 12.6 Å². The van der Waals surface area contributed by atoms with E-state index in [1.54, 1.807) is 6.92 Å². The van der Waals surface area contributed by atoms with Crippen LogP contribution >= 0.6 is 0 Å².